The molecule has 0 radical (unpaired) electrons. The summed E-state index contributed by atoms with van der Waals surface area (Å²) in [7, 11) is -3.09. The van der Waals surface area contributed by atoms with Gasteiger partial charge in [-0.25, -0.2) is 13.4 Å². The first kappa shape index (κ1) is 11.9. The molecule has 2 rings (SSSR count). The van der Waals surface area contributed by atoms with E-state index in [1.807, 2.05) is 22.9 Å². The second-order valence-electron chi connectivity index (χ2n) is 3.97. The summed E-state index contributed by atoms with van der Waals surface area (Å²) < 4.78 is 24.5. The first-order valence-electron chi connectivity index (χ1n) is 5.30. The normalized spacial score (nSPS) is 11.6. The van der Waals surface area contributed by atoms with E-state index >= 15 is 0 Å². The zero-order valence-corrected chi connectivity index (χ0v) is 10.4. The molecule has 0 N–H and O–H groups in total. The smallest absolute Gasteiger partial charge is 0.175 e. The van der Waals surface area contributed by atoms with E-state index in [1.54, 1.807) is 24.7 Å². The van der Waals surface area contributed by atoms with Gasteiger partial charge in [0.25, 0.3) is 0 Å². The Morgan fingerprint density at radius 1 is 1.24 bits per heavy atom. The molecule has 1 heterocycles. The quantitative estimate of drug-likeness (QED) is 0.827. The summed E-state index contributed by atoms with van der Waals surface area (Å²) in [6.45, 7) is 0.845. The zero-order valence-electron chi connectivity index (χ0n) is 9.57. The molecule has 5 heteroatoms. The fourth-order valence-electron chi connectivity index (χ4n) is 1.58. The maximum Gasteiger partial charge on any atom is 0.175 e. The van der Waals surface area contributed by atoms with Crippen molar-refractivity contribution in [2.24, 2.45) is 0 Å². The Morgan fingerprint density at radius 3 is 2.47 bits per heavy atom. The molecule has 0 aliphatic heterocycles. The van der Waals surface area contributed by atoms with Gasteiger partial charge in [0, 0.05) is 25.2 Å². The lowest BCUT2D eigenvalue weighted by molar-refractivity contribution is 0.602. The topological polar surface area (TPSA) is 52.0 Å². The lowest BCUT2D eigenvalue weighted by Gasteiger charge is -2.04. The Labute approximate surface area is 101 Å². The van der Waals surface area contributed by atoms with E-state index in [9.17, 15) is 8.42 Å². The summed E-state index contributed by atoms with van der Waals surface area (Å²) in [4.78, 5) is 4.33. The molecular weight excluding hydrogens is 236 g/mol. The van der Waals surface area contributed by atoms with Gasteiger partial charge in [-0.3, -0.25) is 0 Å². The monoisotopic (exact) mass is 250 g/mol. The van der Waals surface area contributed by atoms with Gasteiger partial charge in [-0.2, -0.15) is 0 Å². The molecule has 0 spiro atoms. The maximum absolute atomic E-state index is 11.3. The highest BCUT2D eigenvalue weighted by molar-refractivity contribution is 7.90. The molecule has 90 valence electrons. The van der Waals surface area contributed by atoms with Crippen LogP contribution in [0.1, 0.15) is 5.56 Å². The van der Waals surface area contributed by atoms with Crippen molar-refractivity contribution in [3.8, 4) is 0 Å². The maximum atomic E-state index is 11.3. The number of aryl methyl sites for hydroxylation is 2. The number of sulfone groups is 1. The summed E-state index contributed by atoms with van der Waals surface area (Å²) in [5.74, 6) is 0. The summed E-state index contributed by atoms with van der Waals surface area (Å²) in [6.07, 6.45) is 7.50. The minimum Gasteiger partial charge on any atom is -0.337 e. The van der Waals surface area contributed by atoms with Crippen molar-refractivity contribution in [2.75, 3.05) is 6.26 Å². The number of aromatic nitrogens is 2. The number of hydrogen-bond acceptors (Lipinski definition) is 3. The molecule has 0 bridgehead atoms. The fourth-order valence-corrected chi connectivity index (χ4v) is 2.21. The van der Waals surface area contributed by atoms with Gasteiger partial charge in [0.2, 0.25) is 0 Å². The first-order valence-corrected chi connectivity index (χ1v) is 7.19. The van der Waals surface area contributed by atoms with Crippen molar-refractivity contribution in [1.29, 1.82) is 0 Å². The van der Waals surface area contributed by atoms with Crippen LogP contribution in [0.3, 0.4) is 0 Å². The van der Waals surface area contributed by atoms with Crippen LogP contribution in [0.5, 0.6) is 0 Å². The van der Waals surface area contributed by atoms with Crippen LogP contribution in [0, 0.1) is 0 Å². The average molecular weight is 250 g/mol. The molecule has 0 amide bonds. The lowest BCUT2D eigenvalue weighted by atomic mass is 10.1. The van der Waals surface area contributed by atoms with Crippen molar-refractivity contribution in [2.45, 2.75) is 17.9 Å². The van der Waals surface area contributed by atoms with Gasteiger partial charge in [-0.15, -0.1) is 0 Å². The van der Waals surface area contributed by atoms with Crippen molar-refractivity contribution < 1.29 is 8.42 Å². The number of rotatable bonds is 4. The Morgan fingerprint density at radius 2 is 1.94 bits per heavy atom. The standard InChI is InChI=1S/C12H14N2O2S/c1-17(15,16)12-4-2-11(3-5-12)6-8-14-9-7-13-10-14/h2-5,7,9-10H,6,8H2,1H3. The van der Waals surface area contributed by atoms with Gasteiger partial charge < -0.3 is 4.57 Å². The van der Waals surface area contributed by atoms with Crippen LogP contribution < -0.4 is 0 Å². The van der Waals surface area contributed by atoms with Crippen LogP contribution in [0.15, 0.2) is 47.9 Å². The molecule has 17 heavy (non-hydrogen) atoms. The number of imidazole rings is 1. The molecule has 0 aliphatic rings. The largest absolute Gasteiger partial charge is 0.337 e. The van der Waals surface area contributed by atoms with Crippen LogP contribution >= 0.6 is 0 Å². The Bertz CT molecular complexity index is 571. The zero-order chi connectivity index (χ0) is 12.3. The molecule has 0 fully saturated rings. The highest BCUT2D eigenvalue weighted by atomic mass is 32.2. The molecule has 0 unspecified atom stereocenters. The van der Waals surface area contributed by atoms with Crippen LogP contribution in [-0.4, -0.2) is 24.2 Å². The third kappa shape index (κ3) is 3.17. The Hall–Kier alpha value is -1.62. The SMILES string of the molecule is CS(=O)(=O)c1ccc(CCn2ccnc2)cc1. The van der Waals surface area contributed by atoms with E-state index < -0.39 is 9.84 Å². The summed E-state index contributed by atoms with van der Waals surface area (Å²) in [5.41, 5.74) is 1.12. The van der Waals surface area contributed by atoms with Gasteiger partial charge in [0.1, 0.15) is 0 Å². The molecule has 0 aliphatic carbocycles. The third-order valence-electron chi connectivity index (χ3n) is 2.57. The van der Waals surface area contributed by atoms with Gasteiger partial charge in [-0.05, 0) is 24.1 Å². The van der Waals surface area contributed by atoms with E-state index in [-0.39, 0.29) is 0 Å². The van der Waals surface area contributed by atoms with Crippen LogP contribution in [0.25, 0.3) is 0 Å². The van der Waals surface area contributed by atoms with Gasteiger partial charge in [-0.1, -0.05) is 12.1 Å². The molecule has 1 aromatic heterocycles. The van der Waals surface area contributed by atoms with Crippen molar-refractivity contribution >= 4 is 9.84 Å². The van der Waals surface area contributed by atoms with E-state index in [0.29, 0.717) is 4.90 Å². The molecule has 0 saturated carbocycles. The highest BCUT2D eigenvalue weighted by Crippen LogP contribution is 2.11. The summed E-state index contributed by atoms with van der Waals surface area (Å²) >= 11 is 0. The number of hydrogen-bond donors (Lipinski definition) is 0. The second-order valence-corrected chi connectivity index (χ2v) is 5.98. The summed E-state index contributed by atoms with van der Waals surface area (Å²) in [5, 5.41) is 0. The fraction of sp³-hybridized carbons (Fsp3) is 0.250. The van der Waals surface area contributed by atoms with Crippen molar-refractivity contribution in [1.82, 2.24) is 9.55 Å². The second kappa shape index (κ2) is 4.71. The molecular formula is C12H14N2O2S. The van der Waals surface area contributed by atoms with Gasteiger partial charge >= 0.3 is 0 Å². The highest BCUT2D eigenvalue weighted by Gasteiger charge is 2.05. The van der Waals surface area contributed by atoms with Crippen LogP contribution in [0.4, 0.5) is 0 Å². The lowest BCUT2D eigenvalue weighted by Crippen LogP contribution is -2.00. The van der Waals surface area contributed by atoms with Crippen LogP contribution in [0.2, 0.25) is 0 Å². The van der Waals surface area contributed by atoms with E-state index in [0.717, 1.165) is 18.5 Å². The molecule has 1 aromatic carbocycles. The minimum absolute atomic E-state index is 0.365. The van der Waals surface area contributed by atoms with E-state index in [1.165, 1.54) is 6.26 Å². The van der Waals surface area contributed by atoms with Crippen molar-refractivity contribution in [3.05, 3.63) is 48.5 Å². The van der Waals surface area contributed by atoms with Gasteiger partial charge in [0.15, 0.2) is 9.84 Å². The third-order valence-corrected chi connectivity index (χ3v) is 3.70. The number of nitrogens with zero attached hydrogens (tertiary/aromatic N) is 2. The average Bonchev–Trinajstić information content (AvgIpc) is 2.78. The first-order chi connectivity index (χ1) is 8.05. The Kier molecular flexibility index (Phi) is 3.28. The van der Waals surface area contributed by atoms with Crippen LogP contribution in [-0.2, 0) is 22.8 Å². The molecule has 4 nitrogen and oxygen atoms in total. The predicted molar refractivity (Wildman–Crippen MR) is 65.5 cm³/mol. The van der Waals surface area contributed by atoms with E-state index in [2.05, 4.69) is 4.98 Å². The van der Waals surface area contributed by atoms with Crippen molar-refractivity contribution in [3.63, 3.8) is 0 Å². The molecule has 0 saturated heterocycles. The molecule has 2 aromatic rings. The van der Waals surface area contributed by atoms with Gasteiger partial charge in [0.05, 0.1) is 11.2 Å². The summed E-state index contributed by atoms with van der Waals surface area (Å²) in [6, 6.07) is 7.01. The molecule has 0 atom stereocenters. The minimum atomic E-state index is -3.09. The Balaban J connectivity index is 2.04. The predicted octanol–water partition coefficient (Wildman–Crippen LogP) is 1.53. The van der Waals surface area contributed by atoms with E-state index in [4.69, 9.17) is 0 Å². The number of benzene rings is 1.